The van der Waals surface area contributed by atoms with Gasteiger partial charge in [-0.2, -0.15) is 0 Å². The molecule has 0 saturated heterocycles. The highest BCUT2D eigenvalue weighted by molar-refractivity contribution is 7.99. The predicted octanol–water partition coefficient (Wildman–Crippen LogP) is 3.66. The number of thioether (sulfide) groups is 1. The molecule has 1 N–H and O–H groups in total. The molecule has 0 amide bonds. The predicted molar refractivity (Wildman–Crippen MR) is 77.8 cm³/mol. The molecule has 2 nitrogen and oxygen atoms in total. The quantitative estimate of drug-likeness (QED) is 0.440. The third-order valence-corrected chi connectivity index (χ3v) is 3.84. The average molecular weight is 265 g/mol. The zero-order valence-corrected chi connectivity index (χ0v) is 12.1. The number of hydrogen-bond donors (Lipinski definition) is 1. The molecule has 0 aromatic heterocycles. The van der Waals surface area contributed by atoms with E-state index in [-0.39, 0.29) is 0 Å². The first-order valence-electron chi connectivity index (χ1n) is 6.77. The Morgan fingerprint density at radius 3 is 2.94 bits per heavy atom. The van der Waals surface area contributed by atoms with E-state index in [1.807, 2.05) is 0 Å². The smallest absolute Gasteiger partial charge is 0.0967 e. The lowest BCUT2D eigenvalue weighted by atomic mass is 10.2. The van der Waals surface area contributed by atoms with Crippen LogP contribution in [0.1, 0.15) is 32.3 Å². The van der Waals surface area contributed by atoms with Crippen LogP contribution in [0.25, 0.3) is 0 Å². The van der Waals surface area contributed by atoms with Gasteiger partial charge in [0.25, 0.3) is 0 Å². The molecule has 1 aliphatic rings. The minimum atomic E-state index is 0.531. The van der Waals surface area contributed by atoms with Crippen LogP contribution in [0.3, 0.4) is 0 Å². The third-order valence-electron chi connectivity index (χ3n) is 2.97. The molecule has 3 heteroatoms. The van der Waals surface area contributed by atoms with Crippen LogP contribution in [-0.4, -0.2) is 18.6 Å². The van der Waals surface area contributed by atoms with Crippen molar-refractivity contribution in [1.29, 1.82) is 0 Å². The SMILES string of the molecule is CC(C)NCc1cccc(SCOCC2CC2)c1. The highest BCUT2D eigenvalue weighted by atomic mass is 32.2. The average Bonchev–Trinajstić information content (AvgIpc) is 3.17. The number of hydrogen-bond acceptors (Lipinski definition) is 3. The summed E-state index contributed by atoms with van der Waals surface area (Å²) >= 11 is 1.79. The van der Waals surface area contributed by atoms with E-state index in [1.54, 1.807) is 11.8 Å². The van der Waals surface area contributed by atoms with Crippen LogP contribution in [0.5, 0.6) is 0 Å². The van der Waals surface area contributed by atoms with E-state index in [9.17, 15) is 0 Å². The van der Waals surface area contributed by atoms with Gasteiger partial charge in [-0.3, -0.25) is 0 Å². The Bertz CT molecular complexity index is 363. The molecule has 0 atom stereocenters. The lowest BCUT2D eigenvalue weighted by Gasteiger charge is -2.09. The largest absolute Gasteiger partial charge is 0.370 e. The van der Waals surface area contributed by atoms with Crippen LogP contribution in [0.15, 0.2) is 29.2 Å². The van der Waals surface area contributed by atoms with Crippen molar-refractivity contribution in [3.05, 3.63) is 29.8 Å². The maximum atomic E-state index is 5.65. The van der Waals surface area contributed by atoms with Crippen LogP contribution in [-0.2, 0) is 11.3 Å². The molecular weight excluding hydrogens is 242 g/mol. The van der Waals surface area contributed by atoms with Gasteiger partial charge in [0.15, 0.2) is 0 Å². The summed E-state index contributed by atoms with van der Waals surface area (Å²) in [6.07, 6.45) is 2.72. The van der Waals surface area contributed by atoms with Crippen LogP contribution in [0.2, 0.25) is 0 Å². The van der Waals surface area contributed by atoms with Crippen LogP contribution >= 0.6 is 11.8 Å². The topological polar surface area (TPSA) is 21.3 Å². The van der Waals surface area contributed by atoms with E-state index in [1.165, 1.54) is 23.3 Å². The van der Waals surface area contributed by atoms with Gasteiger partial charge in [-0.05, 0) is 36.5 Å². The maximum Gasteiger partial charge on any atom is 0.0967 e. The molecule has 1 aliphatic carbocycles. The van der Waals surface area contributed by atoms with Crippen LogP contribution in [0, 0.1) is 5.92 Å². The molecule has 0 unspecified atom stereocenters. The summed E-state index contributed by atoms with van der Waals surface area (Å²) in [6.45, 7) is 6.23. The second kappa shape index (κ2) is 7.17. The molecule has 18 heavy (non-hydrogen) atoms. The molecule has 100 valence electrons. The minimum Gasteiger partial charge on any atom is -0.370 e. The second-order valence-electron chi connectivity index (χ2n) is 5.26. The zero-order valence-electron chi connectivity index (χ0n) is 11.3. The fraction of sp³-hybridized carbons (Fsp3) is 0.600. The normalized spacial score (nSPS) is 15.3. The van der Waals surface area contributed by atoms with E-state index in [4.69, 9.17) is 4.74 Å². The highest BCUT2D eigenvalue weighted by Crippen LogP contribution is 2.29. The summed E-state index contributed by atoms with van der Waals surface area (Å²) in [5.74, 6) is 1.63. The summed E-state index contributed by atoms with van der Waals surface area (Å²) in [7, 11) is 0. The second-order valence-corrected chi connectivity index (χ2v) is 6.26. The number of nitrogens with one attached hydrogen (secondary N) is 1. The molecular formula is C15H23NOS. The first-order valence-corrected chi connectivity index (χ1v) is 7.75. The highest BCUT2D eigenvalue weighted by Gasteiger charge is 2.20. The summed E-state index contributed by atoms with van der Waals surface area (Å²) in [5.41, 5.74) is 1.34. The standard InChI is InChI=1S/C15H23NOS/c1-12(2)16-9-14-4-3-5-15(8-14)18-11-17-10-13-6-7-13/h3-5,8,12-13,16H,6-7,9-11H2,1-2H3. The lowest BCUT2D eigenvalue weighted by Crippen LogP contribution is -2.21. The van der Waals surface area contributed by atoms with Crippen LogP contribution < -0.4 is 5.32 Å². The fourth-order valence-electron chi connectivity index (χ4n) is 1.68. The Balaban J connectivity index is 1.71. The molecule has 0 spiro atoms. The fourth-order valence-corrected chi connectivity index (χ4v) is 2.40. The first kappa shape index (κ1) is 13.9. The monoisotopic (exact) mass is 265 g/mol. The van der Waals surface area contributed by atoms with Crippen molar-refractivity contribution >= 4 is 11.8 Å². The molecule has 0 radical (unpaired) electrons. The Hall–Kier alpha value is -0.510. The molecule has 2 rings (SSSR count). The van der Waals surface area contributed by atoms with Crippen molar-refractivity contribution in [2.45, 2.75) is 44.2 Å². The van der Waals surface area contributed by atoms with Gasteiger partial charge in [-0.25, -0.2) is 0 Å². The van der Waals surface area contributed by atoms with Gasteiger partial charge >= 0.3 is 0 Å². The molecule has 0 heterocycles. The van der Waals surface area contributed by atoms with Gasteiger partial charge in [0, 0.05) is 17.5 Å². The van der Waals surface area contributed by atoms with E-state index in [0.717, 1.165) is 25.0 Å². The summed E-state index contributed by atoms with van der Waals surface area (Å²) < 4.78 is 5.65. The van der Waals surface area contributed by atoms with E-state index in [2.05, 4.69) is 43.4 Å². The minimum absolute atomic E-state index is 0.531. The molecule has 1 aromatic carbocycles. The van der Waals surface area contributed by atoms with E-state index >= 15 is 0 Å². The third kappa shape index (κ3) is 5.42. The lowest BCUT2D eigenvalue weighted by molar-refractivity contribution is 0.171. The molecule has 0 aliphatic heterocycles. The molecule has 1 fully saturated rings. The Morgan fingerprint density at radius 1 is 1.39 bits per heavy atom. The van der Waals surface area contributed by atoms with Crippen molar-refractivity contribution in [1.82, 2.24) is 5.32 Å². The Labute approximate surface area is 114 Å². The Morgan fingerprint density at radius 2 is 2.22 bits per heavy atom. The summed E-state index contributed by atoms with van der Waals surface area (Å²) in [4.78, 5) is 1.30. The van der Waals surface area contributed by atoms with Crippen molar-refractivity contribution in [3.8, 4) is 0 Å². The van der Waals surface area contributed by atoms with Gasteiger partial charge in [0.2, 0.25) is 0 Å². The Kier molecular flexibility index (Phi) is 5.54. The van der Waals surface area contributed by atoms with Gasteiger partial charge in [0.05, 0.1) is 12.5 Å². The number of benzene rings is 1. The molecule has 1 aromatic rings. The summed E-state index contributed by atoms with van der Waals surface area (Å²) in [5, 5.41) is 3.44. The number of ether oxygens (including phenoxy) is 1. The van der Waals surface area contributed by atoms with Gasteiger partial charge in [-0.1, -0.05) is 37.7 Å². The first-order chi connectivity index (χ1) is 8.74. The van der Waals surface area contributed by atoms with Gasteiger partial charge in [-0.15, -0.1) is 0 Å². The van der Waals surface area contributed by atoms with Gasteiger partial charge in [0.1, 0.15) is 0 Å². The molecule has 1 saturated carbocycles. The van der Waals surface area contributed by atoms with Crippen LogP contribution in [0.4, 0.5) is 0 Å². The van der Waals surface area contributed by atoms with Crippen molar-refractivity contribution in [2.75, 3.05) is 12.5 Å². The van der Waals surface area contributed by atoms with Crippen molar-refractivity contribution in [3.63, 3.8) is 0 Å². The summed E-state index contributed by atoms with van der Waals surface area (Å²) in [6, 6.07) is 9.23. The van der Waals surface area contributed by atoms with Crippen molar-refractivity contribution in [2.24, 2.45) is 5.92 Å². The van der Waals surface area contributed by atoms with E-state index < -0.39 is 0 Å². The number of rotatable bonds is 8. The zero-order chi connectivity index (χ0) is 12.8. The molecule has 0 bridgehead atoms. The maximum absolute atomic E-state index is 5.65. The van der Waals surface area contributed by atoms with Crippen molar-refractivity contribution < 1.29 is 4.74 Å². The van der Waals surface area contributed by atoms with E-state index in [0.29, 0.717) is 6.04 Å². The van der Waals surface area contributed by atoms with Gasteiger partial charge < -0.3 is 10.1 Å².